The largest absolute Gasteiger partial charge is 0.508 e. The third-order valence-electron chi connectivity index (χ3n) is 6.77. The molecule has 186 valence electrons. The van der Waals surface area contributed by atoms with E-state index >= 15 is 0 Å². The van der Waals surface area contributed by atoms with E-state index in [2.05, 4.69) is 0 Å². The van der Waals surface area contributed by atoms with Crippen LogP contribution in [0.15, 0.2) is 60.7 Å². The van der Waals surface area contributed by atoms with Gasteiger partial charge in [-0.25, -0.2) is 4.79 Å². The minimum atomic E-state index is -1.60. The van der Waals surface area contributed by atoms with E-state index < -0.39 is 48.9 Å². The summed E-state index contributed by atoms with van der Waals surface area (Å²) in [5, 5.41) is 49.9. The van der Waals surface area contributed by atoms with Gasteiger partial charge in [-0.15, -0.1) is 0 Å². The van der Waals surface area contributed by atoms with Gasteiger partial charge in [0.1, 0.15) is 47.4 Å². The molecule has 6 atom stereocenters. The van der Waals surface area contributed by atoms with Crippen molar-refractivity contribution in [3.8, 4) is 23.0 Å². The first-order chi connectivity index (χ1) is 17.3. The SMILES string of the molecule is O=C1OC2(c3ccc(O)cc3Oc3cc(O[C@H]4O[C@H](CO)[C@H](O)[C@H](O)[C@H]4O)ccc32)c2ccccc21. The van der Waals surface area contributed by atoms with Crippen LogP contribution < -0.4 is 9.47 Å². The quantitative estimate of drug-likeness (QED) is 0.335. The first-order valence-electron chi connectivity index (χ1n) is 11.3. The van der Waals surface area contributed by atoms with Crippen molar-refractivity contribution >= 4 is 5.97 Å². The molecule has 0 bridgehead atoms. The average Bonchev–Trinajstić information content (AvgIpc) is 3.17. The van der Waals surface area contributed by atoms with Crippen LogP contribution in [0.2, 0.25) is 0 Å². The molecule has 0 saturated carbocycles. The van der Waals surface area contributed by atoms with Gasteiger partial charge in [-0.05, 0) is 30.3 Å². The lowest BCUT2D eigenvalue weighted by atomic mass is 9.77. The molecule has 10 heteroatoms. The monoisotopic (exact) mass is 494 g/mol. The van der Waals surface area contributed by atoms with Gasteiger partial charge in [0.15, 0.2) is 5.60 Å². The maximum absolute atomic E-state index is 12.9. The molecule has 3 heterocycles. The molecule has 10 nitrogen and oxygen atoms in total. The molecule has 0 amide bonds. The summed E-state index contributed by atoms with van der Waals surface area (Å²) in [4.78, 5) is 12.9. The lowest BCUT2D eigenvalue weighted by molar-refractivity contribution is -0.277. The van der Waals surface area contributed by atoms with Gasteiger partial charge in [0.05, 0.1) is 12.2 Å². The highest BCUT2D eigenvalue weighted by Crippen LogP contribution is 2.57. The molecule has 0 aliphatic carbocycles. The number of hydrogen-bond acceptors (Lipinski definition) is 10. The molecule has 0 radical (unpaired) electrons. The lowest BCUT2D eigenvalue weighted by Gasteiger charge is -2.40. The molecular formula is C26H22O10. The molecule has 3 aromatic carbocycles. The lowest BCUT2D eigenvalue weighted by Crippen LogP contribution is -2.60. The third kappa shape index (κ3) is 3.20. The van der Waals surface area contributed by atoms with Crippen LogP contribution in [0.3, 0.4) is 0 Å². The normalized spacial score (nSPS) is 30.1. The van der Waals surface area contributed by atoms with E-state index in [1.165, 1.54) is 18.2 Å². The number of ether oxygens (including phenoxy) is 4. The van der Waals surface area contributed by atoms with Crippen molar-refractivity contribution in [2.45, 2.75) is 36.3 Å². The zero-order valence-corrected chi connectivity index (χ0v) is 18.6. The van der Waals surface area contributed by atoms with E-state index in [0.29, 0.717) is 22.3 Å². The number of esters is 1. The molecular weight excluding hydrogens is 472 g/mol. The third-order valence-corrected chi connectivity index (χ3v) is 6.77. The van der Waals surface area contributed by atoms with Crippen molar-refractivity contribution in [1.29, 1.82) is 0 Å². The molecule has 36 heavy (non-hydrogen) atoms. The number of aliphatic hydroxyl groups is 4. The summed E-state index contributed by atoms with van der Waals surface area (Å²) < 4.78 is 23.3. The molecule has 1 spiro atoms. The number of phenolic OH excluding ortho intramolecular Hbond substituents is 1. The fourth-order valence-electron chi connectivity index (χ4n) is 5.02. The van der Waals surface area contributed by atoms with Gasteiger partial charge in [0.25, 0.3) is 0 Å². The Labute approximate surface area is 204 Å². The fraction of sp³-hybridized carbons (Fsp3) is 0.269. The van der Waals surface area contributed by atoms with Crippen molar-refractivity contribution in [2.75, 3.05) is 6.61 Å². The van der Waals surface area contributed by atoms with Gasteiger partial charge in [-0.3, -0.25) is 0 Å². The van der Waals surface area contributed by atoms with E-state index in [1.54, 1.807) is 42.5 Å². The summed E-state index contributed by atoms with van der Waals surface area (Å²) in [6.45, 7) is -0.592. The van der Waals surface area contributed by atoms with Gasteiger partial charge in [0.2, 0.25) is 6.29 Å². The standard InChI is InChI=1S/C26H22O10/c27-11-20-21(29)22(30)23(31)25(35-20)33-13-6-8-17-19(10-13)34-18-9-12(28)5-7-16(18)26(17)15-4-2-1-3-14(15)24(32)36-26/h1-10,20-23,25,27-31H,11H2/t20-,21+,22+,23-,25+,26?/m1/s1. The molecule has 1 fully saturated rings. The molecule has 1 saturated heterocycles. The Morgan fingerprint density at radius 2 is 1.58 bits per heavy atom. The van der Waals surface area contributed by atoms with Crippen LogP contribution in [-0.2, 0) is 15.1 Å². The maximum atomic E-state index is 12.9. The molecule has 3 aliphatic heterocycles. The van der Waals surface area contributed by atoms with Gasteiger partial charge >= 0.3 is 5.97 Å². The molecule has 1 unspecified atom stereocenters. The molecule has 0 aromatic heterocycles. The Hall–Kier alpha value is -3.67. The second-order valence-electron chi connectivity index (χ2n) is 8.87. The Morgan fingerprint density at radius 1 is 0.861 bits per heavy atom. The molecule has 3 aromatic rings. The first kappa shape index (κ1) is 22.8. The highest BCUT2D eigenvalue weighted by Gasteiger charge is 2.53. The predicted octanol–water partition coefficient (Wildman–Crippen LogP) is 1.14. The molecule has 5 N–H and O–H groups in total. The van der Waals surface area contributed by atoms with Crippen molar-refractivity contribution in [1.82, 2.24) is 0 Å². The second kappa shape index (κ2) is 8.19. The maximum Gasteiger partial charge on any atom is 0.340 e. The predicted molar refractivity (Wildman–Crippen MR) is 121 cm³/mol. The Bertz CT molecular complexity index is 1350. The first-order valence-corrected chi connectivity index (χ1v) is 11.3. The van der Waals surface area contributed by atoms with Crippen LogP contribution in [-0.4, -0.2) is 68.8 Å². The number of carbonyl (C=O) groups is 1. The van der Waals surface area contributed by atoms with Crippen LogP contribution in [0.25, 0.3) is 0 Å². The summed E-state index contributed by atoms with van der Waals surface area (Å²) in [7, 11) is 0. The number of aliphatic hydroxyl groups excluding tert-OH is 4. The number of phenols is 1. The summed E-state index contributed by atoms with van der Waals surface area (Å²) in [6.07, 6.45) is -7.22. The van der Waals surface area contributed by atoms with E-state index in [1.807, 2.05) is 0 Å². The van der Waals surface area contributed by atoms with Crippen LogP contribution >= 0.6 is 0 Å². The van der Waals surface area contributed by atoms with E-state index in [-0.39, 0.29) is 23.0 Å². The topological polar surface area (TPSA) is 155 Å². The number of rotatable bonds is 3. The van der Waals surface area contributed by atoms with Crippen LogP contribution in [0.1, 0.15) is 27.0 Å². The van der Waals surface area contributed by atoms with Gasteiger partial charge in [-0.1, -0.05) is 18.2 Å². The van der Waals surface area contributed by atoms with Crippen LogP contribution in [0.5, 0.6) is 23.0 Å². The average molecular weight is 494 g/mol. The van der Waals surface area contributed by atoms with Gasteiger partial charge in [0, 0.05) is 28.8 Å². The summed E-state index contributed by atoms with van der Waals surface area (Å²) in [5.41, 5.74) is 0.750. The van der Waals surface area contributed by atoms with Crippen molar-refractivity contribution in [3.05, 3.63) is 82.9 Å². The Balaban J connectivity index is 1.43. The number of hydrogen-bond donors (Lipinski definition) is 5. The van der Waals surface area contributed by atoms with Gasteiger partial charge in [-0.2, -0.15) is 0 Å². The molecule has 6 rings (SSSR count). The van der Waals surface area contributed by atoms with E-state index in [9.17, 15) is 30.3 Å². The Morgan fingerprint density at radius 3 is 2.36 bits per heavy atom. The van der Waals surface area contributed by atoms with Crippen LogP contribution in [0.4, 0.5) is 0 Å². The highest BCUT2D eigenvalue weighted by molar-refractivity contribution is 5.97. The minimum Gasteiger partial charge on any atom is -0.508 e. The number of fused-ring (bicyclic) bond motifs is 6. The van der Waals surface area contributed by atoms with Crippen molar-refractivity contribution < 1.29 is 49.3 Å². The highest BCUT2D eigenvalue weighted by atomic mass is 16.7. The fourth-order valence-corrected chi connectivity index (χ4v) is 5.02. The summed E-state index contributed by atoms with van der Waals surface area (Å²) in [6, 6.07) is 16.3. The number of aromatic hydroxyl groups is 1. The Kier molecular flexibility index (Phi) is 5.18. The smallest absolute Gasteiger partial charge is 0.340 e. The zero-order valence-electron chi connectivity index (χ0n) is 18.6. The molecule has 3 aliphatic rings. The van der Waals surface area contributed by atoms with Crippen molar-refractivity contribution in [2.24, 2.45) is 0 Å². The number of benzene rings is 3. The minimum absolute atomic E-state index is 0.0429. The summed E-state index contributed by atoms with van der Waals surface area (Å²) >= 11 is 0. The van der Waals surface area contributed by atoms with E-state index in [4.69, 9.17) is 18.9 Å². The zero-order chi connectivity index (χ0) is 25.2. The summed E-state index contributed by atoms with van der Waals surface area (Å²) in [5.74, 6) is 0.170. The van der Waals surface area contributed by atoms with Crippen molar-refractivity contribution in [3.63, 3.8) is 0 Å². The van der Waals surface area contributed by atoms with Crippen LogP contribution in [0, 0.1) is 0 Å². The second-order valence-corrected chi connectivity index (χ2v) is 8.87. The van der Waals surface area contributed by atoms with Gasteiger partial charge < -0.3 is 44.5 Å². The van der Waals surface area contributed by atoms with E-state index in [0.717, 1.165) is 0 Å². The number of carbonyl (C=O) groups excluding carboxylic acids is 1.